The Morgan fingerprint density at radius 1 is 1.21 bits per heavy atom. The largest absolute Gasteiger partial charge is 1.00 e. The number of aryl methyl sites for hydroxylation is 1. The number of carbonyl (C=O) groups is 1. The molecule has 0 saturated carbocycles. The summed E-state index contributed by atoms with van der Waals surface area (Å²) in [7, 11) is 0. The summed E-state index contributed by atoms with van der Waals surface area (Å²) < 4.78 is 4.83. The summed E-state index contributed by atoms with van der Waals surface area (Å²) in [6.07, 6.45) is 0. The minimum Gasteiger partial charge on any atom is -1.00 e. The summed E-state index contributed by atoms with van der Waals surface area (Å²) in [6.45, 7) is 3.37. The van der Waals surface area contributed by atoms with Gasteiger partial charge < -0.3 is 13.1 Å². The van der Waals surface area contributed by atoms with Crippen molar-refractivity contribution in [3.63, 3.8) is 0 Å². The van der Waals surface area contributed by atoms with Crippen molar-refractivity contribution >= 4 is 5.97 Å². The van der Waals surface area contributed by atoms with Crippen molar-refractivity contribution < 1.29 is 77.0 Å². The molecule has 0 bridgehead atoms. The van der Waals surface area contributed by atoms with E-state index < -0.39 is 0 Å². The molecule has 2 N–H and O–H groups in total. The molecule has 0 fully saturated rings. The summed E-state index contributed by atoms with van der Waals surface area (Å²) in [5, 5.41) is 0. The first-order valence-electron chi connectivity index (χ1n) is 3.43. The van der Waals surface area contributed by atoms with Gasteiger partial charge in [-0.25, -0.2) is 0 Å². The molecule has 70 valence electrons. The van der Waals surface area contributed by atoms with E-state index in [1.807, 2.05) is 19.1 Å². The van der Waals surface area contributed by atoms with Crippen molar-refractivity contribution in [3.05, 3.63) is 29.8 Å². The van der Waals surface area contributed by atoms with Gasteiger partial charge in [0.25, 0.3) is 0 Å². The van der Waals surface area contributed by atoms with Gasteiger partial charge in [-0.05, 0) is 19.1 Å². The van der Waals surface area contributed by atoms with Gasteiger partial charge in [-0.3, -0.25) is 4.79 Å². The molecule has 14 heavy (non-hydrogen) atoms. The molecular weight excluding hydrogens is 202 g/mol. The fraction of sp³-hybridized carbons (Fsp3) is 0.222. The predicted octanol–water partition coefficient (Wildman–Crippen LogP) is -4.67. The number of hydrogen-bond acceptors (Lipinski definition) is 2. The summed E-state index contributed by atoms with van der Waals surface area (Å²) in [4.78, 5) is 10.5. The Labute approximate surface area is 131 Å². The van der Waals surface area contributed by atoms with Crippen LogP contribution in [0.3, 0.4) is 0 Å². The third-order valence-corrected chi connectivity index (χ3v) is 1.28. The first-order chi connectivity index (χ1) is 5.18. The number of ether oxygens (including phenoxy) is 1. The Balaban J connectivity index is -0.0000000807. The van der Waals surface area contributed by atoms with E-state index in [0.717, 1.165) is 5.56 Å². The zero-order valence-corrected chi connectivity index (χ0v) is 13.1. The van der Waals surface area contributed by atoms with Gasteiger partial charge >= 0.3 is 65.1 Å². The van der Waals surface area contributed by atoms with E-state index in [2.05, 4.69) is 0 Å². The fourth-order valence-corrected chi connectivity index (χ4v) is 0.772. The maximum Gasteiger partial charge on any atom is 1.00 e. The van der Waals surface area contributed by atoms with Crippen LogP contribution in [0.1, 0.15) is 15.3 Å². The zero-order chi connectivity index (χ0) is 8.27. The molecule has 0 radical (unpaired) electrons. The molecule has 0 amide bonds. The number of carbonyl (C=O) groups excluding carboxylic acids is 1. The maximum atomic E-state index is 10.5. The number of hydrogen-bond donors (Lipinski definition) is 0. The predicted molar refractivity (Wildman–Crippen MR) is 48.3 cm³/mol. The average molecular weight is 216 g/mol. The molecule has 0 heterocycles. The van der Waals surface area contributed by atoms with Gasteiger partial charge in [0.2, 0.25) is 0 Å². The zero-order valence-electron chi connectivity index (χ0n) is 11.1. The van der Waals surface area contributed by atoms with Gasteiger partial charge in [-0.2, -0.15) is 0 Å². The number of rotatable bonds is 1. The van der Waals surface area contributed by atoms with Crippen LogP contribution in [0.15, 0.2) is 24.3 Å². The van der Waals surface area contributed by atoms with Gasteiger partial charge in [0.15, 0.2) is 0 Å². The first-order valence-corrected chi connectivity index (χ1v) is 3.43. The van der Waals surface area contributed by atoms with Crippen LogP contribution in [0.5, 0.6) is 5.75 Å². The third kappa shape index (κ3) is 8.00. The van der Waals surface area contributed by atoms with Crippen molar-refractivity contribution in [2.24, 2.45) is 0 Å². The van der Waals surface area contributed by atoms with Crippen molar-refractivity contribution in [2.45, 2.75) is 13.8 Å². The molecule has 0 atom stereocenters. The molecule has 0 aliphatic rings. The van der Waals surface area contributed by atoms with E-state index in [9.17, 15) is 4.79 Å². The van der Waals surface area contributed by atoms with Gasteiger partial charge in [-0.1, -0.05) is 17.7 Å². The molecule has 0 aromatic heterocycles. The van der Waals surface area contributed by atoms with E-state index >= 15 is 0 Å². The molecule has 3 nitrogen and oxygen atoms in total. The van der Waals surface area contributed by atoms with Crippen LogP contribution in [-0.4, -0.2) is 11.4 Å². The fourth-order valence-electron chi connectivity index (χ4n) is 0.772. The van der Waals surface area contributed by atoms with Crippen molar-refractivity contribution in [1.82, 2.24) is 0 Å². The number of benzene rings is 1. The number of esters is 1. The standard InChI is InChI=1S/C9H10O2.2Na.H2O.2H/c1-7-3-5-9(6-4-7)11-8(2)10;;;;;/h3-6H,1-2H3;;;1H2;;/q;2*+1;;2*-1. The van der Waals surface area contributed by atoms with Crippen LogP contribution in [-0.2, 0) is 4.79 Å². The van der Waals surface area contributed by atoms with Crippen LogP contribution >= 0.6 is 0 Å². The summed E-state index contributed by atoms with van der Waals surface area (Å²) in [5.41, 5.74) is 1.15. The monoisotopic (exact) mass is 216 g/mol. The smallest absolute Gasteiger partial charge is 1.00 e. The second kappa shape index (κ2) is 10.2. The van der Waals surface area contributed by atoms with Crippen molar-refractivity contribution in [1.29, 1.82) is 0 Å². The summed E-state index contributed by atoms with van der Waals surface area (Å²) >= 11 is 0. The second-order valence-corrected chi connectivity index (χ2v) is 2.41. The minimum atomic E-state index is -0.283. The molecule has 1 rings (SSSR count). The van der Waals surface area contributed by atoms with Crippen LogP contribution in [0, 0.1) is 6.92 Å². The molecule has 0 spiro atoms. The van der Waals surface area contributed by atoms with E-state index in [4.69, 9.17) is 4.74 Å². The third-order valence-electron chi connectivity index (χ3n) is 1.28. The Morgan fingerprint density at radius 2 is 1.64 bits per heavy atom. The van der Waals surface area contributed by atoms with Crippen LogP contribution < -0.4 is 63.9 Å². The first kappa shape index (κ1) is 20.1. The molecule has 0 aliphatic heterocycles. The molecule has 5 heteroatoms. The van der Waals surface area contributed by atoms with Crippen molar-refractivity contribution in [3.8, 4) is 5.75 Å². The van der Waals surface area contributed by atoms with Gasteiger partial charge in [0, 0.05) is 6.92 Å². The van der Waals surface area contributed by atoms with E-state index in [-0.39, 0.29) is 73.4 Å². The second-order valence-electron chi connectivity index (χ2n) is 2.41. The molecule has 0 saturated heterocycles. The average Bonchev–Trinajstić information content (AvgIpc) is 1.93. The summed E-state index contributed by atoms with van der Waals surface area (Å²) in [5.74, 6) is 0.317. The van der Waals surface area contributed by atoms with E-state index in [1.165, 1.54) is 6.92 Å². The quantitative estimate of drug-likeness (QED) is 0.269. The Hall–Kier alpha value is 0.650. The molecule has 1 aromatic carbocycles. The van der Waals surface area contributed by atoms with Gasteiger partial charge in [-0.15, -0.1) is 0 Å². The van der Waals surface area contributed by atoms with E-state index in [1.54, 1.807) is 12.1 Å². The Kier molecular flexibility index (Phi) is 14.6. The minimum absolute atomic E-state index is 0. The van der Waals surface area contributed by atoms with Crippen LogP contribution in [0.2, 0.25) is 0 Å². The maximum absolute atomic E-state index is 10.5. The topological polar surface area (TPSA) is 57.8 Å². The van der Waals surface area contributed by atoms with Crippen LogP contribution in [0.25, 0.3) is 0 Å². The Bertz CT molecular complexity index is 268. The normalized spacial score (nSPS) is 7.29. The Morgan fingerprint density at radius 3 is 2.00 bits per heavy atom. The van der Waals surface area contributed by atoms with E-state index in [0.29, 0.717) is 5.75 Å². The molecular formula is C9H14Na2O3. The SMILES string of the molecule is CC(=O)Oc1ccc(C)cc1.O.[H-].[H-].[Na+].[Na+]. The molecule has 0 aliphatic carbocycles. The molecule has 0 unspecified atom stereocenters. The van der Waals surface area contributed by atoms with Crippen LogP contribution in [0.4, 0.5) is 0 Å². The summed E-state index contributed by atoms with van der Waals surface area (Å²) in [6, 6.07) is 7.35. The molecule has 1 aromatic rings. The van der Waals surface area contributed by atoms with Crippen molar-refractivity contribution in [2.75, 3.05) is 0 Å². The van der Waals surface area contributed by atoms with Gasteiger partial charge in [0.1, 0.15) is 5.75 Å². The van der Waals surface area contributed by atoms with Gasteiger partial charge in [0.05, 0.1) is 0 Å².